The van der Waals surface area contributed by atoms with Crippen LogP contribution in [-0.4, -0.2) is 17.0 Å². The van der Waals surface area contributed by atoms with Gasteiger partial charge in [0.2, 0.25) is 0 Å². The standard InChI is InChI=1S/C13H16BrClN2S/c1-7-4-10(14)12(5-11(7)15)17-13-16-9(3)8(2)6-18-13/h4-5,8-9H,6H2,1-3H3,(H,16,17). The SMILES string of the molecule is Cc1cc(Br)c(NC2=NC(C)C(C)CS2)cc1Cl. The Hall–Kier alpha value is -0.190. The molecule has 0 fully saturated rings. The van der Waals surface area contributed by atoms with Gasteiger partial charge >= 0.3 is 0 Å². The molecule has 0 aromatic heterocycles. The molecule has 2 rings (SSSR count). The molecule has 5 heteroatoms. The first-order valence-electron chi connectivity index (χ1n) is 5.90. The second kappa shape index (κ2) is 5.85. The maximum atomic E-state index is 6.15. The van der Waals surface area contributed by atoms with Crippen LogP contribution in [0.2, 0.25) is 5.02 Å². The Bertz CT molecular complexity index is 490. The minimum Gasteiger partial charge on any atom is -0.334 e. The van der Waals surface area contributed by atoms with Gasteiger partial charge in [-0.25, -0.2) is 0 Å². The third kappa shape index (κ3) is 3.22. The monoisotopic (exact) mass is 346 g/mol. The molecule has 1 aliphatic heterocycles. The lowest BCUT2D eigenvalue weighted by Crippen LogP contribution is -2.25. The van der Waals surface area contributed by atoms with Gasteiger partial charge in [0.25, 0.3) is 0 Å². The van der Waals surface area contributed by atoms with Crippen LogP contribution in [0.4, 0.5) is 5.69 Å². The summed E-state index contributed by atoms with van der Waals surface area (Å²) in [6, 6.07) is 4.32. The number of anilines is 1. The molecule has 0 saturated carbocycles. The number of nitrogens with zero attached hydrogens (tertiary/aromatic N) is 1. The molecule has 18 heavy (non-hydrogen) atoms. The molecule has 0 bridgehead atoms. The summed E-state index contributed by atoms with van der Waals surface area (Å²) in [5.74, 6) is 1.73. The van der Waals surface area contributed by atoms with Crippen LogP contribution in [0.1, 0.15) is 19.4 Å². The van der Waals surface area contributed by atoms with Gasteiger partial charge in [-0.15, -0.1) is 0 Å². The van der Waals surface area contributed by atoms with Gasteiger partial charge in [0.05, 0.1) is 11.7 Å². The number of aliphatic imine (C=N–C) groups is 1. The number of nitrogens with one attached hydrogen (secondary N) is 1. The number of hydrogen-bond acceptors (Lipinski definition) is 3. The molecule has 0 spiro atoms. The lowest BCUT2D eigenvalue weighted by Gasteiger charge is -2.24. The zero-order valence-electron chi connectivity index (χ0n) is 10.6. The van der Waals surface area contributed by atoms with Crippen molar-refractivity contribution in [3.05, 3.63) is 27.2 Å². The molecule has 0 saturated heterocycles. The van der Waals surface area contributed by atoms with E-state index in [2.05, 4.69) is 40.1 Å². The van der Waals surface area contributed by atoms with E-state index >= 15 is 0 Å². The zero-order valence-corrected chi connectivity index (χ0v) is 13.8. The largest absolute Gasteiger partial charge is 0.334 e. The Labute approximate surface area is 126 Å². The number of hydrogen-bond donors (Lipinski definition) is 1. The number of rotatable bonds is 1. The molecule has 1 aromatic rings. The fraction of sp³-hybridized carbons (Fsp3) is 0.462. The number of amidine groups is 1. The van der Waals surface area contributed by atoms with Crippen LogP contribution in [0, 0.1) is 12.8 Å². The Balaban J connectivity index is 2.20. The molecule has 0 aliphatic carbocycles. The summed E-state index contributed by atoms with van der Waals surface area (Å²) in [5, 5.41) is 5.09. The van der Waals surface area contributed by atoms with Crippen molar-refractivity contribution in [1.29, 1.82) is 0 Å². The van der Waals surface area contributed by atoms with Gasteiger partial charge in [-0.05, 0) is 53.4 Å². The average molecular weight is 348 g/mol. The summed E-state index contributed by atoms with van der Waals surface area (Å²) in [6.07, 6.45) is 0. The maximum absolute atomic E-state index is 6.15. The highest BCUT2D eigenvalue weighted by atomic mass is 79.9. The molecular weight excluding hydrogens is 332 g/mol. The molecular formula is C13H16BrClN2S. The van der Waals surface area contributed by atoms with Gasteiger partial charge in [0.1, 0.15) is 0 Å². The summed E-state index contributed by atoms with van der Waals surface area (Å²) in [4.78, 5) is 4.66. The lowest BCUT2D eigenvalue weighted by molar-refractivity contribution is 0.537. The molecule has 0 amide bonds. The lowest BCUT2D eigenvalue weighted by atomic mass is 10.1. The Morgan fingerprint density at radius 3 is 2.83 bits per heavy atom. The predicted octanol–water partition coefficient (Wildman–Crippen LogP) is 4.95. The zero-order chi connectivity index (χ0) is 13.3. The van der Waals surface area contributed by atoms with Gasteiger partial charge < -0.3 is 5.32 Å². The van der Waals surface area contributed by atoms with Gasteiger partial charge in [-0.2, -0.15) is 0 Å². The van der Waals surface area contributed by atoms with Crippen LogP contribution in [0.15, 0.2) is 21.6 Å². The van der Waals surface area contributed by atoms with Crippen LogP contribution in [-0.2, 0) is 0 Å². The first-order valence-corrected chi connectivity index (χ1v) is 8.06. The molecule has 1 heterocycles. The topological polar surface area (TPSA) is 24.4 Å². The van der Waals surface area contributed by atoms with Crippen LogP contribution in [0.25, 0.3) is 0 Å². The molecule has 1 aromatic carbocycles. The van der Waals surface area contributed by atoms with E-state index in [0.717, 1.165) is 31.7 Å². The second-order valence-corrected chi connectivity index (χ2v) is 6.94. The van der Waals surface area contributed by atoms with Crippen LogP contribution >= 0.6 is 39.3 Å². The minimum atomic E-state index is 0.369. The predicted molar refractivity (Wildman–Crippen MR) is 86.0 cm³/mol. The third-order valence-electron chi connectivity index (χ3n) is 3.12. The summed E-state index contributed by atoms with van der Waals surface area (Å²) in [6.45, 7) is 6.38. The molecule has 2 unspecified atom stereocenters. The van der Waals surface area contributed by atoms with E-state index < -0.39 is 0 Å². The average Bonchev–Trinajstić information content (AvgIpc) is 2.31. The summed E-state index contributed by atoms with van der Waals surface area (Å²) in [5.41, 5.74) is 2.04. The quantitative estimate of drug-likeness (QED) is 0.777. The molecule has 1 aliphatic rings. The molecule has 0 radical (unpaired) electrons. The Morgan fingerprint density at radius 2 is 2.17 bits per heavy atom. The van der Waals surface area contributed by atoms with Crippen molar-refractivity contribution in [1.82, 2.24) is 0 Å². The Morgan fingerprint density at radius 1 is 1.44 bits per heavy atom. The van der Waals surface area contributed by atoms with Gasteiger partial charge in [-0.3, -0.25) is 4.99 Å². The minimum absolute atomic E-state index is 0.369. The molecule has 2 atom stereocenters. The first-order chi connectivity index (χ1) is 8.47. The van der Waals surface area contributed by atoms with E-state index in [9.17, 15) is 0 Å². The van der Waals surface area contributed by atoms with E-state index in [-0.39, 0.29) is 0 Å². The number of aryl methyl sites for hydroxylation is 1. The van der Waals surface area contributed by atoms with Crippen LogP contribution in [0.3, 0.4) is 0 Å². The van der Waals surface area contributed by atoms with Gasteiger partial charge in [-0.1, -0.05) is 30.3 Å². The molecule has 98 valence electrons. The summed E-state index contributed by atoms with van der Waals surface area (Å²) in [7, 11) is 0. The van der Waals surface area contributed by atoms with Crippen molar-refractivity contribution < 1.29 is 0 Å². The second-order valence-electron chi connectivity index (χ2n) is 4.67. The summed E-state index contributed by atoms with van der Waals surface area (Å²) < 4.78 is 1.01. The van der Waals surface area contributed by atoms with Crippen molar-refractivity contribution in [2.24, 2.45) is 10.9 Å². The fourth-order valence-corrected chi connectivity index (χ4v) is 3.47. The van der Waals surface area contributed by atoms with Crippen LogP contribution in [0.5, 0.6) is 0 Å². The van der Waals surface area contributed by atoms with Crippen LogP contribution < -0.4 is 5.32 Å². The van der Waals surface area contributed by atoms with E-state index in [1.54, 1.807) is 11.8 Å². The smallest absolute Gasteiger partial charge is 0.161 e. The maximum Gasteiger partial charge on any atom is 0.161 e. The highest BCUT2D eigenvalue weighted by Gasteiger charge is 2.19. The fourth-order valence-electron chi connectivity index (χ4n) is 1.62. The van der Waals surface area contributed by atoms with E-state index in [1.807, 2.05) is 19.1 Å². The highest BCUT2D eigenvalue weighted by Crippen LogP contribution is 2.31. The normalized spacial score (nSPS) is 23.7. The van der Waals surface area contributed by atoms with Gasteiger partial charge in [0.15, 0.2) is 5.17 Å². The van der Waals surface area contributed by atoms with Crippen molar-refractivity contribution in [2.45, 2.75) is 26.8 Å². The molecule has 1 N–H and O–H groups in total. The summed E-state index contributed by atoms with van der Waals surface area (Å²) >= 11 is 11.5. The number of halogens is 2. The van der Waals surface area contributed by atoms with Gasteiger partial charge in [0, 0.05) is 15.2 Å². The van der Waals surface area contributed by atoms with E-state index in [4.69, 9.17) is 11.6 Å². The van der Waals surface area contributed by atoms with Crippen molar-refractivity contribution >= 4 is 50.1 Å². The highest BCUT2D eigenvalue weighted by molar-refractivity contribution is 9.10. The van der Waals surface area contributed by atoms with Crippen molar-refractivity contribution in [3.8, 4) is 0 Å². The number of benzene rings is 1. The Kier molecular flexibility index (Phi) is 4.62. The van der Waals surface area contributed by atoms with Crippen molar-refractivity contribution in [2.75, 3.05) is 11.1 Å². The van der Waals surface area contributed by atoms with E-state index in [1.165, 1.54) is 0 Å². The third-order valence-corrected chi connectivity index (χ3v) is 5.35. The number of thioether (sulfide) groups is 1. The first kappa shape index (κ1) is 14.2. The molecule has 2 nitrogen and oxygen atoms in total. The van der Waals surface area contributed by atoms with E-state index in [0.29, 0.717) is 12.0 Å². The van der Waals surface area contributed by atoms with Crippen molar-refractivity contribution in [3.63, 3.8) is 0 Å².